The first-order chi connectivity index (χ1) is 7.66. The number of carboxylic acids is 1. The highest BCUT2D eigenvalue weighted by Gasteiger charge is 2.09. The van der Waals surface area contributed by atoms with Crippen molar-refractivity contribution in [3.8, 4) is 17.1 Å². The first-order valence-electron chi connectivity index (χ1n) is 4.74. The molecule has 0 saturated heterocycles. The number of rotatable bonds is 3. The minimum Gasteiger partial charge on any atom is -0.507 e. The molecule has 0 aliphatic rings. The van der Waals surface area contributed by atoms with Crippen molar-refractivity contribution in [2.75, 3.05) is 0 Å². The lowest BCUT2D eigenvalue weighted by molar-refractivity contribution is -0.136. The molecule has 0 amide bonds. The molecule has 0 aliphatic heterocycles. The van der Waals surface area contributed by atoms with Crippen LogP contribution in [-0.4, -0.2) is 16.2 Å². The highest BCUT2D eigenvalue weighted by Crippen LogP contribution is 2.30. The van der Waals surface area contributed by atoms with Crippen molar-refractivity contribution in [3.05, 3.63) is 42.2 Å². The van der Waals surface area contributed by atoms with Crippen molar-refractivity contribution < 1.29 is 19.4 Å². The second kappa shape index (κ2) is 4.10. The first-order valence-corrected chi connectivity index (χ1v) is 4.74. The molecule has 0 atom stereocenters. The molecular formula is C12H10O4. The zero-order chi connectivity index (χ0) is 11.5. The van der Waals surface area contributed by atoms with E-state index in [2.05, 4.69) is 0 Å². The van der Waals surface area contributed by atoms with E-state index < -0.39 is 5.97 Å². The maximum absolute atomic E-state index is 10.6. The summed E-state index contributed by atoms with van der Waals surface area (Å²) in [6.45, 7) is 0. The maximum atomic E-state index is 10.6. The van der Waals surface area contributed by atoms with E-state index in [4.69, 9.17) is 9.52 Å². The van der Waals surface area contributed by atoms with E-state index >= 15 is 0 Å². The van der Waals surface area contributed by atoms with Gasteiger partial charge in [-0.15, -0.1) is 0 Å². The maximum Gasteiger partial charge on any atom is 0.307 e. The SMILES string of the molecule is O=C(O)Cc1ccc(O)c(-c2ccco2)c1. The molecule has 0 radical (unpaired) electrons. The Hall–Kier alpha value is -2.23. The minimum atomic E-state index is -0.906. The second-order valence-electron chi connectivity index (χ2n) is 3.40. The largest absolute Gasteiger partial charge is 0.507 e. The number of hydrogen-bond donors (Lipinski definition) is 2. The molecule has 0 fully saturated rings. The number of phenolic OH excluding ortho intramolecular Hbond substituents is 1. The summed E-state index contributed by atoms with van der Waals surface area (Å²) in [7, 11) is 0. The average Bonchev–Trinajstić information content (AvgIpc) is 2.73. The Morgan fingerprint density at radius 1 is 1.31 bits per heavy atom. The highest BCUT2D eigenvalue weighted by molar-refractivity contribution is 5.73. The third-order valence-electron chi connectivity index (χ3n) is 2.20. The van der Waals surface area contributed by atoms with Crippen molar-refractivity contribution in [2.45, 2.75) is 6.42 Å². The van der Waals surface area contributed by atoms with Gasteiger partial charge in [0.2, 0.25) is 0 Å². The van der Waals surface area contributed by atoms with E-state index in [1.165, 1.54) is 12.3 Å². The molecular weight excluding hydrogens is 208 g/mol. The summed E-state index contributed by atoms with van der Waals surface area (Å²) in [5, 5.41) is 18.3. The van der Waals surface area contributed by atoms with Gasteiger partial charge >= 0.3 is 5.97 Å². The number of hydrogen-bond acceptors (Lipinski definition) is 3. The number of phenols is 1. The Bertz CT molecular complexity index is 500. The molecule has 2 rings (SSSR count). The Morgan fingerprint density at radius 3 is 2.75 bits per heavy atom. The smallest absolute Gasteiger partial charge is 0.307 e. The van der Waals surface area contributed by atoms with Crippen LogP contribution in [0.15, 0.2) is 41.0 Å². The fourth-order valence-corrected chi connectivity index (χ4v) is 1.50. The molecule has 0 unspecified atom stereocenters. The molecule has 2 aromatic rings. The van der Waals surface area contributed by atoms with Gasteiger partial charge in [0, 0.05) is 0 Å². The Morgan fingerprint density at radius 2 is 2.12 bits per heavy atom. The molecule has 1 heterocycles. The number of aliphatic carboxylic acids is 1. The van der Waals surface area contributed by atoms with Crippen molar-refractivity contribution >= 4 is 5.97 Å². The zero-order valence-electron chi connectivity index (χ0n) is 8.38. The summed E-state index contributed by atoms with van der Waals surface area (Å²) in [6.07, 6.45) is 1.42. The summed E-state index contributed by atoms with van der Waals surface area (Å²) < 4.78 is 5.15. The number of carboxylic acid groups (broad SMARTS) is 1. The molecule has 4 nitrogen and oxygen atoms in total. The van der Waals surface area contributed by atoms with Crippen LogP contribution >= 0.6 is 0 Å². The third-order valence-corrected chi connectivity index (χ3v) is 2.20. The number of aromatic hydroxyl groups is 1. The Kier molecular flexibility index (Phi) is 2.64. The lowest BCUT2D eigenvalue weighted by Crippen LogP contribution is -1.99. The summed E-state index contributed by atoms with van der Waals surface area (Å²) in [5.41, 5.74) is 1.13. The van der Waals surface area contributed by atoms with E-state index in [9.17, 15) is 9.90 Å². The van der Waals surface area contributed by atoms with Gasteiger partial charge in [-0.25, -0.2) is 0 Å². The predicted molar refractivity (Wildman–Crippen MR) is 57.1 cm³/mol. The number of furan rings is 1. The van der Waals surface area contributed by atoms with Gasteiger partial charge in [-0.1, -0.05) is 6.07 Å². The topological polar surface area (TPSA) is 70.7 Å². The molecule has 0 aliphatic carbocycles. The van der Waals surface area contributed by atoms with Crippen LogP contribution in [0.1, 0.15) is 5.56 Å². The molecule has 0 spiro atoms. The molecule has 1 aromatic heterocycles. The van der Waals surface area contributed by atoms with E-state index in [0.29, 0.717) is 16.9 Å². The summed E-state index contributed by atoms with van der Waals surface area (Å²) >= 11 is 0. The van der Waals surface area contributed by atoms with E-state index in [0.717, 1.165) is 0 Å². The van der Waals surface area contributed by atoms with E-state index in [1.54, 1.807) is 24.3 Å². The fourth-order valence-electron chi connectivity index (χ4n) is 1.50. The standard InChI is InChI=1S/C12H10O4/c13-10-4-3-8(7-12(14)15)6-9(10)11-2-1-5-16-11/h1-6,13H,7H2,(H,14,15). The van der Waals surface area contributed by atoms with Gasteiger partial charge in [-0.05, 0) is 29.8 Å². The van der Waals surface area contributed by atoms with Crippen molar-refractivity contribution in [3.63, 3.8) is 0 Å². The normalized spacial score (nSPS) is 10.2. The van der Waals surface area contributed by atoms with Gasteiger partial charge in [0.25, 0.3) is 0 Å². The second-order valence-corrected chi connectivity index (χ2v) is 3.40. The molecule has 0 bridgehead atoms. The van der Waals surface area contributed by atoms with Crippen LogP contribution < -0.4 is 0 Å². The Labute approximate surface area is 91.8 Å². The average molecular weight is 218 g/mol. The Balaban J connectivity index is 2.41. The van der Waals surface area contributed by atoms with Gasteiger partial charge < -0.3 is 14.6 Å². The quantitative estimate of drug-likeness (QED) is 0.829. The van der Waals surface area contributed by atoms with Crippen molar-refractivity contribution in [1.29, 1.82) is 0 Å². The van der Waals surface area contributed by atoms with Crippen LogP contribution in [0, 0.1) is 0 Å². The lowest BCUT2D eigenvalue weighted by atomic mass is 10.1. The third kappa shape index (κ3) is 2.06. The number of carbonyl (C=O) groups is 1. The number of benzene rings is 1. The lowest BCUT2D eigenvalue weighted by Gasteiger charge is -2.04. The molecule has 16 heavy (non-hydrogen) atoms. The van der Waals surface area contributed by atoms with Crippen LogP contribution in [0.4, 0.5) is 0 Å². The van der Waals surface area contributed by atoms with Crippen LogP contribution in [0.5, 0.6) is 5.75 Å². The van der Waals surface area contributed by atoms with Crippen molar-refractivity contribution in [1.82, 2.24) is 0 Å². The molecule has 82 valence electrons. The summed E-state index contributed by atoms with van der Waals surface area (Å²) in [6, 6.07) is 8.08. The monoisotopic (exact) mass is 218 g/mol. The van der Waals surface area contributed by atoms with Gasteiger partial charge in [0.1, 0.15) is 11.5 Å². The van der Waals surface area contributed by atoms with Gasteiger partial charge in [-0.3, -0.25) is 4.79 Å². The first kappa shape index (κ1) is 10.3. The molecule has 0 saturated carbocycles. The highest BCUT2D eigenvalue weighted by atomic mass is 16.4. The van der Waals surface area contributed by atoms with Gasteiger partial charge in [-0.2, -0.15) is 0 Å². The van der Waals surface area contributed by atoms with Gasteiger partial charge in [0.05, 0.1) is 18.2 Å². The zero-order valence-corrected chi connectivity index (χ0v) is 8.38. The predicted octanol–water partition coefficient (Wildman–Crippen LogP) is 2.28. The van der Waals surface area contributed by atoms with Crippen LogP contribution in [0.3, 0.4) is 0 Å². The summed E-state index contributed by atoms with van der Waals surface area (Å²) in [5.74, 6) is -0.315. The van der Waals surface area contributed by atoms with Gasteiger partial charge in [0.15, 0.2) is 0 Å². The van der Waals surface area contributed by atoms with E-state index in [1.807, 2.05) is 0 Å². The minimum absolute atomic E-state index is 0.0732. The van der Waals surface area contributed by atoms with Crippen LogP contribution in [0.25, 0.3) is 11.3 Å². The molecule has 2 N–H and O–H groups in total. The van der Waals surface area contributed by atoms with Crippen molar-refractivity contribution in [2.24, 2.45) is 0 Å². The van der Waals surface area contributed by atoms with E-state index in [-0.39, 0.29) is 12.2 Å². The fraction of sp³-hybridized carbons (Fsp3) is 0.0833. The van der Waals surface area contributed by atoms with Crippen LogP contribution in [-0.2, 0) is 11.2 Å². The van der Waals surface area contributed by atoms with Crippen LogP contribution in [0.2, 0.25) is 0 Å². The molecule has 4 heteroatoms. The molecule has 1 aromatic carbocycles. The summed E-state index contributed by atoms with van der Waals surface area (Å²) in [4.78, 5) is 10.6.